The second-order valence-corrected chi connectivity index (χ2v) is 7.26. The number of rotatable bonds is 5. The van der Waals surface area contributed by atoms with Crippen LogP contribution < -0.4 is 0 Å². The van der Waals surface area contributed by atoms with Crippen LogP contribution in [-0.4, -0.2) is 41.9 Å². The predicted molar refractivity (Wildman–Crippen MR) is 118 cm³/mol. The largest absolute Gasteiger partial charge is 0.461 e. The van der Waals surface area contributed by atoms with E-state index in [1.165, 1.54) is 0 Å². The van der Waals surface area contributed by atoms with E-state index in [1.54, 1.807) is 17.7 Å². The first kappa shape index (κ1) is 19.0. The van der Waals surface area contributed by atoms with Crippen LogP contribution in [0.25, 0.3) is 38.8 Å². The summed E-state index contributed by atoms with van der Waals surface area (Å²) >= 11 is 0. The normalized spacial score (nSPS) is 11.5. The molecule has 31 heavy (non-hydrogen) atoms. The number of carbonyl (C=O) groups is 1. The Hall–Kier alpha value is -3.94. The summed E-state index contributed by atoms with van der Waals surface area (Å²) in [5, 5.41) is 15.5. The number of benzene rings is 2. The molecule has 0 unspecified atom stereocenters. The quantitative estimate of drug-likeness (QED) is 0.407. The van der Waals surface area contributed by atoms with E-state index in [9.17, 15) is 4.79 Å². The molecule has 0 amide bonds. The van der Waals surface area contributed by atoms with Gasteiger partial charge in [0.15, 0.2) is 5.69 Å². The van der Waals surface area contributed by atoms with Gasteiger partial charge < -0.3 is 4.74 Å². The SMILES string of the molecule is CCOC(=O)c1cc(-c2ccc3cnn(CC)c3c2)n(-c2cccc3cnn(C)c23)n1. The molecular weight excluding hydrogens is 392 g/mol. The Bertz CT molecular complexity index is 1420. The highest BCUT2D eigenvalue weighted by Crippen LogP contribution is 2.30. The zero-order valence-electron chi connectivity index (χ0n) is 17.6. The lowest BCUT2D eigenvalue weighted by Gasteiger charge is -2.10. The van der Waals surface area contributed by atoms with Crippen molar-refractivity contribution >= 4 is 27.8 Å². The molecule has 5 aromatic rings. The van der Waals surface area contributed by atoms with Crippen molar-refractivity contribution in [1.82, 2.24) is 29.3 Å². The van der Waals surface area contributed by atoms with Crippen LogP contribution in [0.15, 0.2) is 54.9 Å². The van der Waals surface area contributed by atoms with Crippen molar-refractivity contribution < 1.29 is 9.53 Å². The van der Waals surface area contributed by atoms with Gasteiger partial charge in [-0.1, -0.05) is 24.3 Å². The number of aryl methyl sites for hydroxylation is 2. The van der Waals surface area contributed by atoms with Crippen LogP contribution in [0.4, 0.5) is 0 Å². The topological polar surface area (TPSA) is 79.8 Å². The molecular formula is C23H22N6O2. The van der Waals surface area contributed by atoms with E-state index in [1.807, 2.05) is 59.1 Å². The van der Waals surface area contributed by atoms with E-state index in [0.29, 0.717) is 6.61 Å². The Balaban J connectivity index is 1.77. The number of esters is 1. The third-order valence-electron chi connectivity index (χ3n) is 5.40. The summed E-state index contributed by atoms with van der Waals surface area (Å²) in [6.45, 7) is 4.91. The van der Waals surface area contributed by atoms with E-state index in [-0.39, 0.29) is 5.69 Å². The second-order valence-electron chi connectivity index (χ2n) is 7.26. The molecule has 0 fully saturated rings. The van der Waals surface area contributed by atoms with Gasteiger partial charge in [0.1, 0.15) is 0 Å². The first-order chi connectivity index (χ1) is 15.1. The van der Waals surface area contributed by atoms with Gasteiger partial charge in [0.25, 0.3) is 0 Å². The summed E-state index contributed by atoms with van der Waals surface area (Å²) in [6.07, 6.45) is 3.68. The highest BCUT2D eigenvalue weighted by atomic mass is 16.5. The number of para-hydroxylation sites is 1. The van der Waals surface area contributed by atoms with Gasteiger partial charge >= 0.3 is 5.97 Å². The van der Waals surface area contributed by atoms with Crippen LogP contribution in [0.5, 0.6) is 0 Å². The van der Waals surface area contributed by atoms with Crippen LogP contribution in [0, 0.1) is 0 Å². The number of aromatic nitrogens is 6. The number of carbonyl (C=O) groups excluding carboxylic acids is 1. The summed E-state index contributed by atoms with van der Waals surface area (Å²) in [7, 11) is 1.90. The molecule has 0 N–H and O–H groups in total. The van der Waals surface area contributed by atoms with Crippen molar-refractivity contribution in [2.75, 3.05) is 6.61 Å². The zero-order valence-corrected chi connectivity index (χ0v) is 17.6. The fourth-order valence-electron chi connectivity index (χ4n) is 3.94. The lowest BCUT2D eigenvalue weighted by molar-refractivity contribution is 0.0519. The first-order valence-electron chi connectivity index (χ1n) is 10.2. The van der Waals surface area contributed by atoms with E-state index in [4.69, 9.17) is 4.74 Å². The lowest BCUT2D eigenvalue weighted by atomic mass is 10.1. The Morgan fingerprint density at radius 1 is 1.03 bits per heavy atom. The third kappa shape index (κ3) is 3.07. The van der Waals surface area contributed by atoms with E-state index >= 15 is 0 Å². The number of hydrogen-bond donors (Lipinski definition) is 0. The van der Waals surface area contributed by atoms with Gasteiger partial charge in [0.2, 0.25) is 0 Å². The minimum atomic E-state index is -0.445. The maximum Gasteiger partial charge on any atom is 0.358 e. The maximum absolute atomic E-state index is 12.5. The molecule has 0 spiro atoms. The molecule has 8 heteroatoms. The molecule has 0 aliphatic rings. The summed E-state index contributed by atoms with van der Waals surface area (Å²) in [4.78, 5) is 12.5. The number of hydrogen-bond acceptors (Lipinski definition) is 5. The van der Waals surface area contributed by atoms with Gasteiger partial charge in [0.05, 0.1) is 41.4 Å². The van der Waals surface area contributed by atoms with Gasteiger partial charge in [-0.15, -0.1) is 0 Å². The molecule has 0 aliphatic heterocycles. The molecule has 3 heterocycles. The van der Waals surface area contributed by atoms with Crippen molar-refractivity contribution in [3.63, 3.8) is 0 Å². The maximum atomic E-state index is 12.5. The van der Waals surface area contributed by atoms with Crippen LogP contribution in [0.2, 0.25) is 0 Å². The van der Waals surface area contributed by atoms with Crippen LogP contribution in [0.1, 0.15) is 24.3 Å². The van der Waals surface area contributed by atoms with Gasteiger partial charge in [-0.3, -0.25) is 9.36 Å². The highest BCUT2D eigenvalue weighted by molar-refractivity contribution is 5.92. The number of nitrogens with zero attached hydrogens (tertiary/aromatic N) is 6. The smallest absolute Gasteiger partial charge is 0.358 e. The summed E-state index contributed by atoms with van der Waals surface area (Å²) < 4.78 is 10.8. The number of fused-ring (bicyclic) bond motifs is 2. The molecule has 0 aliphatic carbocycles. The standard InChI is InChI=1S/C23H22N6O2/c1-4-28-20-11-15(9-10-16(20)13-25-28)21-12-18(23(30)31-5-2)26-29(21)19-8-6-7-17-14-24-27(3)22(17)19/h6-14H,4-5H2,1-3H3. The van der Waals surface area contributed by atoms with Crippen LogP contribution >= 0.6 is 0 Å². The Labute approximate surface area is 178 Å². The van der Waals surface area contributed by atoms with Gasteiger partial charge in [0, 0.05) is 29.9 Å². The fraction of sp³-hybridized carbons (Fsp3) is 0.217. The Morgan fingerprint density at radius 2 is 1.87 bits per heavy atom. The molecule has 0 atom stereocenters. The molecule has 8 nitrogen and oxygen atoms in total. The van der Waals surface area contributed by atoms with Crippen molar-refractivity contribution in [2.24, 2.45) is 7.05 Å². The summed E-state index contributed by atoms with van der Waals surface area (Å²) in [5.41, 5.74) is 4.80. The van der Waals surface area contributed by atoms with Crippen molar-refractivity contribution in [3.8, 4) is 16.9 Å². The molecule has 0 radical (unpaired) electrons. The van der Waals surface area contributed by atoms with Crippen LogP contribution in [0.3, 0.4) is 0 Å². The van der Waals surface area contributed by atoms with Crippen molar-refractivity contribution in [1.29, 1.82) is 0 Å². The molecule has 3 aromatic heterocycles. The molecule has 0 bridgehead atoms. The van der Waals surface area contributed by atoms with Gasteiger partial charge in [-0.2, -0.15) is 15.3 Å². The van der Waals surface area contributed by atoms with Crippen LogP contribution in [-0.2, 0) is 18.3 Å². The van der Waals surface area contributed by atoms with Crippen molar-refractivity contribution in [2.45, 2.75) is 20.4 Å². The van der Waals surface area contributed by atoms with Gasteiger partial charge in [-0.25, -0.2) is 9.48 Å². The minimum absolute atomic E-state index is 0.264. The average molecular weight is 414 g/mol. The summed E-state index contributed by atoms with van der Waals surface area (Å²) in [6, 6.07) is 13.9. The van der Waals surface area contributed by atoms with Crippen molar-refractivity contribution in [3.05, 3.63) is 60.6 Å². The lowest BCUT2D eigenvalue weighted by Crippen LogP contribution is -2.07. The monoisotopic (exact) mass is 414 g/mol. The molecule has 156 valence electrons. The zero-order chi connectivity index (χ0) is 21.5. The highest BCUT2D eigenvalue weighted by Gasteiger charge is 2.20. The Morgan fingerprint density at radius 3 is 2.68 bits per heavy atom. The van der Waals surface area contributed by atoms with E-state index < -0.39 is 5.97 Å². The molecule has 0 saturated carbocycles. The molecule has 5 rings (SSSR count). The first-order valence-corrected chi connectivity index (χ1v) is 10.2. The molecule has 2 aromatic carbocycles. The van der Waals surface area contributed by atoms with E-state index in [2.05, 4.69) is 28.3 Å². The second kappa shape index (κ2) is 7.39. The molecule has 0 saturated heterocycles. The van der Waals surface area contributed by atoms with Gasteiger partial charge in [-0.05, 0) is 32.0 Å². The Kier molecular flexibility index (Phi) is 4.54. The average Bonchev–Trinajstić information content (AvgIpc) is 3.50. The summed E-state index contributed by atoms with van der Waals surface area (Å²) in [5.74, 6) is -0.445. The third-order valence-corrected chi connectivity index (χ3v) is 5.40. The number of ether oxygens (including phenoxy) is 1. The predicted octanol–water partition coefficient (Wildman–Crippen LogP) is 3.97. The minimum Gasteiger partial charge on any atom is -0.461 e. The fourth-order valence-corrected chi connectivity index (χ4v) is 3.94. The van der Waals surface area contributed by atoms with E-state index in [0.717, 1.165) is 45.3 Å².